The summed E-state index contributed by atoms with van der Waals surface area (Å²) in [6.45, 7) is 0.435. The van der Waals surface area contributed by atoms with Crippen molar-refractivity contribution in [2.75, 3.05) is 25.5 Å². The van der Waals surface area contributed by atoms with Crippen molar-refractivity contribution < 1.29 is 31.5 Å². The standard InChI is InChI=1S/C24H21F2N3O5S2/c1-33-12-11-29-22-20(26)13-16(25)14-21(22)35-24(29)27-23(30)15-3-5-17(6-4-15)28-36(31,32)19-9-7-18(34-2)8-10-19/h3-10,13-14,28H,11-12H2,1-2H3. The van der Waals surface area contributed by atoms with Gasteiger partial charge >= 0.3 is 0 Å². The number of hydrogen-bond donors (Lipinski definition) is 1. The van der Waals surface area contributed by atoms with E-state index in [1.165, 1.54) is 73.4 Å². The summed E-state index contributed by atoms with van der Waals surface area (Å²) in [5.41, 5.74) is 0.565. The van der Waals surface area contributed by atoms with Gasteiger partial charge in [-0.05, 0) is 54.6 Å². The van der Waals surface area contributed by atoms with Gasteiger partial charge in [-0.3, -0.25) is 9.52 Å². The second kappa shape index (κ2) is 10.6. The number of aromatic nitrogens is 1. The second-order valence-electron chi connectivity index (χ2n) is 7.54. The number of ether oxygens (including phenoxy) is 2. The number of halogens is 2. The number of anilines is 1. The average Bonchev–Trinajstić information content (AvgIpc) is 3.19. The molecule has 3 aromatic carbocycles. The van der Waals surface area contributed by atoms with Crippen LogP contribution in [0.15, 0.2) is 70.6 Å². The molecule has 188 valence electrons. The number of carbonyl (C=O) groups excluding carboxylic acids is 1. The molecule has 36 heavy (non-hydrogen) atoms. The van der Waals surface area contributed by atoms with Gasteiger partial charge in [-0.1, -0.05) is 11.3 Å². The summed E-state index contributed by atoms with van der Waals surface area (Å²) in [6.07, 6.45) is 0. The molecule has 1 heterocycles. The number of amides is 1. The highest BCUT2D eigenvalue weighted by Gasteiger charge is 2.16. The van der Waals surface area contributed by atoms with Crippen LogP contribution in [0, 0.1) is 11.6 Å². The molecule has 0 unspecified atom stereocenters. The van der Waals surface area contributed by atoms with Gasteiger partial charge in [0.05, 0.1) is 28.8 Å². The van der Waals surface area contributed by atoms with Crippen LogP contribution >= 0.6 is 11.3 Å². The highest BCUT2D eigenvalue weighted by atomic mass is 32.2. The van der Waals surface area contributed by atoms with Crippen molar-refractivity contribution in [1.82, 2.24) is 4.57 Å². The molecule has 0 atom stereocenters. The molecule has 1 aromatic heterocycles. The van der Waals surface area contributed by atoms with Crippen LogP contribution in [0.2, 0.25) is 0 Å². The number of rotatable bonds is 8. The number of methoxy groups -OCH3 is 2. The molecule has 4 aromatic rings. The minimum atomic E-state index is -3.85. The van der Waals surface area contributed by atoms with Gasteiger partial charge in [-0.15, -0.1) is 0 Å². The molecular weight excluding hydrogens is 512 g/mol. The van der Waals surface area contributed by atoms with Gasteiger partial charge in [-0.25, -0.2) is 17.2 Å². The van der Waals surface area contributed by atoms with E-state index in [0.717, 1.165) is 17.4 Å². The Balaban J connectivity index is 1.60. The Morgan fingerprint density at radius 3 is 2.39 bits per heavy atom. The van der Waals surface area contributed by atoms with E-state index in [4.69, 9.17) is 9.47 Å². The summed E-state index contributed by atoms with van der Waals surface area (Å²) in [5, 5.41) is 0. The maximum absolute atomic E-state index is 14.5. The van der Waals surface area contributed by atoms with Gasteiger partial charge in [0.15, 0.2) is 10.6 Å². The molecule has 0 saturated heterocycles. The molecule has 0 fully saturated rings. The number of carbonyl (C=O) groups is 1. The first-order chi connectivity index (χ1) is 17.2. The van der Waals surface area contributed by atoms with E-state index < -0.39 is 27.6 Å². The van der Waals surface area contributed by atoms with Gasteiger partial charge in [0.25, 0.3) is 15.9 Å². The Labute approximate surface area is 209 Å². The predicted molar refractivity (Wildman–Crippen MR) is 132 cm³/mol. The fourth-order valence-corrected chi connectivity index (χ4v) is 5.56. The number of sulfonamides is 1. The topological polar surface area (TPSA) is 99.0 Å². The molecule has 0 saturated carbocycles. The fraction of sp³-hybridized carbons (Fsp3) is 0.167. The van der Waals surface area contributed by atoms with E-state index in [2.05, 4.69) is 9.71 Å². The van der Waals surface area contributed by atoms with Crippen molar-refractivity contribution in [3.8, 4) is 5.75 Å². The van der Waals surface area contributed by atoms with E-state index in [0.29, 0.717) is 10.4 Å². The van der Waals surface area contributed by atoms with Crippen LogP contribution < -0.4 is 14.3 Å². The molecule has 0 aliphatic carbocycles. The maximum atomic E-state index is 14.5. The van der Waals surface area contributed by atoms with Crippen molar-refractivity contribution in [3.63, 3.8) is 0 Å². The number of nitrogens with one attached hydrogen (secondary N) is 1. The zero-order valence-corrected chi connectivity index (χ0v) is 20.8. The second-order valence-corrected chi connectivity index (χ2v) is 10.2. The first kappa shape index (κ1) is 25.5. The minimum Gasteiger partial charge on any atom is -0.497 e. The zero-order valence-electron chi connectivity index (χ0n) is 19.2. The van der Waals surface area contributed by atoms with Crippen LogP contribution in [0.5, 0.6) is 5.75 Å². The summed E-state index contributed by atoms with van der Waals surface area (Å²) < 4.78 is 67.7. The molecule has 0 spiro atoms. The van der Waals surface area contributed by atoms with Crippen LogP contribution in [-0.2, 0) is 21.3 Å². The molecular formula is C24H21F2N3O5S2. The van der Waals surface area contributed by atoms with Crippen molar-refractivity contribution in [1.29, 1.82) is 0 Å². The van der Waals surface area contributed by atoms with Crippen molar-refractivity contribution in [3.05, 3.63) is 82.7 Å². The average molecular weight is 534 g/mol. The smallest absolute Gasteiger partial charge is 0.279 e. The lowest BCUT2D eigenvalue weighted by atomic mass is 10.2. The number of nitrogens with zero attached hydrogens (tertiary/aromatic N) is 2. The molecule has 1 N–H and O–H groups in total. The summed E-state index contributed by atoms with van der Waals surface area (Å²) in [6, 6.07) is 13.6. The number of thiazole rings is 1. The van der Waals surface area contributed by atoms with Gasteiger partial charge in [-0.2, -0.15) is 4.99 Å². The Bertz CT molecular complexity index is 1580. The van der Waals surface area contributed by atoms with Crippen molar-refractivity contribution >= 4 is 43.2 Å². The Morgan fingerprint density at radius 2 is 1.75 bits per heavy atom. The summed E-state index contributed by atoms with van der Waals surface area (Å²) in [4.78, 5) is 17.2. The Kier molecular flexibility index (Phi) is 7.48. The molecule has 8 nitrogen and oxygen atoms in total. The third-order valence-corrected chi connectivity index (χ3v) is 7.59. The Hall–Kier alpha value is -3.61. The molecule has 0 aliphatic rings. The molecule has 1 amide bonds. The highest BCUT2D eigenvalue weighted by molar-refractivity contribution is 7.92. The van der Waals surface area contributed by atoms with Crippen LogP contribution in [-0.4, -0.2) is 39.7 Å². The third-order valence-electron chi connectivity index (χ3n) is 5.17. The van der Waals surface area contributed by atoms with Gasteiger partial charge < -0.3 is 14.0 Å². The zero-order chi connectivity index (χ0) is 25.9. The van der Waals surface area contributed by atoms with E-state index in [1.54, 1.807) is 0 Å². The SMILES string of the molecule is COCCn1c(=NC(=O)c2ccc(NS(=O)(=O)c3ccc(OC)cc3)cc2)sc2cc(F)cc(F)c21. The quantitative estimate of drug-likeness (QED) is 0.367. The summed E-state index contributed by atoms with van der Waals surface area (Å²) in [5.74, 6) is -1.60. The fourth-order valence-electron chi connectivity index (χ4n) is 3.41. The van der Waals surface area contributed by atoms with Gasteiger partial charge in [0, 0.05) is 31.0 Å². The monoisotopic (exact) mass is 533 g/mol. The lowest BCUT2D eigenvalue weighted by Crippen LogP contribution is -2.20. The largest absolute Gasteiger partial charge is 0.497 e. The van der Waals surface area contributed by atoms with E-state index in [9.17, 15) is 22.0 Å². The number of benzene rings is 3. The highest BCUT2D eigenvalue weighted by Crippen LogP contribution is 2.23. The molecule has 0 aliphatic heterocycles. The van der Waals surface area contributed by atoms with Crippen molar-refractivity contribution in [2.24, 2.45) is 4.99 Å². The normalized spacial score (nSPS) is 12.2. The number of hydrogen-bond acceptors (Lipinski definition) is 6. The van der Waals surface area contributed by atoms with E-state index in [1.807, 2.05) is 0 Å². The van der Waals surface area contributed by atoms with Gasteiger partial charge in [0.2, 0.25) is 0 Å². The van der Waals surface area contributed by atoms with Crippen LogP contribution in [0.25, 0.3) is 10.2 Å². The third kappa shape index (κ3) is 5.45. The van der Waals surface area contributed by atoms with Crippen LogP contribution in [0.3, 0.4) is 0 Å². The molecule has 0 bridgehead atoms. The van der Waals surface area contributed by atoms with Crippen LogP contribution in [0.4, 0.5) is 14.5 Å². The van der Waals surface area contributed by atoms with Crippen LogP contribution in [0.1, 0.15) is 10.4 Å². The first-order valence-corrected chi connectivity index (χ1v) is 12.8. The summed E-state index contributed by atoms with van der Waals surface area (Å²) >= 11 is 0.976. The molecule has 4 rings (SSSR count). The number of fused-ring (bicyclic) bond motifs is 1. The van der Waals surface area contributed by atoms with E-state index >= 15 is 0 Å². The maximum Gasteiger partial charge on any atom is 0.279 e. The molecule has 0 radical (unpaired) electrons. The lowest BCUT2D eigenvalue weighted by molar-refractivity contribution is 0.0997. The first-order valence-electron chi connectivity index (χ1n) is 10.5. The molecule has 12 heteroatoms. The van der Waals surface area contributed by atoms with E-state index in [-0.39, 0.29) is 39.6 Å². The lowest BCUT2D eigenvalue weighted by Gasteiger charge is -2.09. The predicted octanol–water partition coefficient (Wildman–Crippen LogP) is 4.18. The van der Waals surface area contributed by atoms with Gasteiger partial charge in [0.1, 0.15) is 11.6 Å². The minimum absolute atomic E-state index is 0.0486. The van der Waals surface area contributed by atoms with Crippen molar-refractivity contribution in [2.45, 2.75) is 11.4 Å². The Morgan fingerprint density at radius 1 is 1.06 bits per heavy atom. The summed E-state index contributed by atoms with van der Waals surface area (Å²) in [7, 11) is -0.886.